The van der Waals surface area contributed by atoms with Crippen LogP contribution in [0.2, 0.25) is 0 Å². The molecule has 0 aromatic carbocycles. The van der Waals surface area contributed by atoms with Crippen molar-refractivity contribution in [2.45, 2.75) is 19.6 Å². The van der Waals surface area contributed by atoms with E-state index in [9.17, 15) is 22.8 Å². The highest BCUT2D eigenvalue weighted by Gasteiger charge is 2.40. The summed E-state index contributed by atoms with van der Waals surface area (Å²) >= 11 is 0.0884. The maximum atomic E-state index is 12.5. The lowest BCUT2D eigenvalue weighted by molar-refractivity contribution is -0.144. The molecule has 0 spiro atoms. The number of aromatic carboxylic acids is 1. The number of hydrogen-bond donors (Lipinski definition) is 1. The van der Waals surface area contributed by atoms with Crippen LogP contribution in [-0.4, -0.2) is 15.6 Å². The van der Waals surface area contributed by atoms with Gasteiger partial charge in [0.15, 0.2) is 5.69 Å². The van der Waals surface area contributed by atoms with Crippen molar-refractivity contribution in [3.8, 4) is 0 Å². The first-order valence-corrected chi connectivity index (χ1v) is 4.64. The summed E-state index contributed by atoms with van der Waals surface area (Å²) in [7, 11) is 0. The van der Waals surface area contributed by atoms with Crippen LogP contribution in [0, 0.1) is 0 Å². The third-order valence-electron chi connectivity index (χ3n) is 1.67. The van der Waals surface area contributed by atoms with Crippen molar-refractivity contribution in [1.82, 2.24) is 4.57 Å². The molecular weight excluding hydrogens is 235 g/mol. The van der Waals surface area contributed by atoms with Crippen molar-refractivity contribution < 1.29 is 23.1 Å². The van der Waals surface area contributed by atoms with E-state index in [4.69, 9.17) is 5.11 Å². The summed E-state index contributed by atoms with van der Waals surface area (Å²) < 4.78 is 37.8. The van der Waals surface area contributed by atoms with Gasteiger partial charge in [-0.05, 0) is 6.92 Å². The molecule has 8 heteroatoms. The number of carbonyl (C=O) groups is 1. The van der Waals surface area contributed by atoms with E-state index in [-0.39, 0.29) is 17.9 Å². The van der Waals surface area contributed by atoms with Crippen LogP contribution in [0.5, 0.6) is 0 Å². The molecule has 0 aliphatic heterocycles. The van der Waals surface area contributed by atoms with E-state index in [1.165, 1.54) is 6.92 Å². The number of carboxylic acid groups (broad SMARTS) is 1. The number of carboxylic acids is 1. The van der Waals surface area contributed by atoms with Crippen LogP contribution in [0.15, 0.2) is 4.79 Å². The number of rotatable bonds is 2. The highest BCUT2D eigenvalue weighted by Crippen LogP contribution is 2.33. The third kappa shape index (κ3) is 2.04. The number of halogens is 3. The van der Waals surface area contributed by atoms with Crippen LogP contribution < -0.4 is 4.87 Å². The van der Waals surface area contributed by atoms with E-state index in [0.717, 1.165) is 0 Å². The lowest BCUT2D eigenvalue weighted by atomic mass is 10.3. The average molecular weight is 241 g/mol. The number of aromatic nitrogens is 1. The van der Waals surface area contributed by atoms with Gasteiger partial charge in [0.05, 0.1) is 0 Å². The first-order valence-electron chi connectivity index (χ1n) is 3.83. The maximum absolute atomic E-state index is 12.5. The predicted octanol–water partition coefficient (Wildman–Crippen LogP) is 1.65. The fraction of sp³-hybridized carbons (Fsp3) is 0.429. The van der Waals surface area contributed by atoms with Gasteiger partial charge in [0, 0.05) is 6.54 Å². The molecule has 0 bridgehead atoms. The van der Waals surface area contributed by atoms with Crippen molar-refractivity contribution in [2.75, 3.05) is 0 Å². The van der Waals surface area contributed by atoms with Gasteiger partial charge in [0.2, 0.25) is 0 Å². The summed E-state index contributed by atoms with van der Waals surface area (Å²) in [5, 5.41) is 8.52. The fourth-order valence-electron chi connectivity index (χ4n) is 1.12. The second-order valence-corrected chi connectivity index (χ2v) is 3.55. The van der Waals surface area contributed by atoms with Gasteiger partial charge in [0.1, 0.15) is 4.88 Å². The summed E-state index contributed by atoms with van der Waals surface area (Å²) in [6.07, 6.45) is -4.83. The smallest absolute Gasteiger partial charge is 0.433 e. The molecule has 0 aliphatic carbocycles. The molecule has 15 heavy (non-hydrogen) atoms. The van der Waals surface area contributed by atoms with E-state index in [1.807, 2.05) is 0 Å². The van der Waals surface area contributed by atoms with Gasteiger partial charge in [-0.3, -0.25) is 9.36 Å². The van der Waals surface area contributed by atoms with E-state index in [1.54, 1.807) is 0 Å². The van der Waals surface area contributed by atoms with E-state index >= 15 is 0 Å². The Hall–Kier alpha value is -1.31. The molecule has 84 valence electrons. The number of nitrogens with zero attached hydrogens (tertiary/aromatic N) is 1. The molecule has 1 rings (SSSR count). The Labute approximate surface area is 85.6 Å². The largest absolute Gasteiger partial charge is 0.477 e. The average Bonchev–Trinajstić information content (AvgIpc) is 2.41. The second-order valence-electron chi connectivity index (χ2n) is 2.59. The van der Waals surface area contributed by atoms with Crippen molar-refractivity contribution in [2.24, 2.45) is 0 Å². The first-order chi connectivity index (χ1) is 6.79. The van der Waals surface area contributed by atoms with Crippen LogP contribution in [0.4, 0.5) is 13.2 Å². The fourth-order valence-corrected chi connectivity index (χ4v) is 2.03. The van der Waals surface area contributed by atoms with Crippen LogP contribution >= 0.6 is 11.3 Å². The van der Waals surface area contributed by atoms with E-state index < -0.39 is 27.6 Å². The first kappa shape index (κ1) is 11.8. The minimum Gasteiger partial charge on any atom is -0.477 e. The van der Waals surface area contributed by atoms with Gasteiger partial charge in [-0.2, -0.15) is 13.2 Å². The van der Waals surface area contributed by atoms with Gasteiger partial charge in [-0.25, -0.2) is 4.79 Å². The minimum atomic E-state index is -4.83. The summed E-state index contributed by atoms with van der Waals surface area (Å²) in [5.74, 6) is -1.74. The number of hydrogen-bond acceptors (Lipinski definition) is 3. The normalized spacial score (nSPS) is 11.7. The van der Waals surface area contributed by atoms with Crippen LogP contribution in [0.25, 0.3) is 0 Å². The third-order valence-corrected chi connectivity index (χ3v) is 2.64. The summed E-state index contributed by atoms with van der Waals surface area (Å²) in [4.78, 5) is 19.7. The summed E-state index contributed by atoms with van der Waals surface area (Å²) in [6.45, 7) is 1.13. The minimum absolute atomic E-state index is 0.0884. The summed E-state index contributed by atoms with van der Waals surface area (Å²) in [5.41, 5.74) is -1.38. The molecule has 0 amide bonds. The molecule has 1 aromatic heterocycles. The van der Waals surface area contributed by atoms with Crippen molar-refractivity contribution in [1.29, 1.82) is 0 Å². The highest BCUT2D eigenvalue weighted by atomic mass is 32.1. The Morgan fingerprint density at radius 3 is 2.40 bits per heavy atom. The van der Waals surface area contributed by atoms with Crippen molar-refractivity contribution in [3.05, 3.63) is 20.2 Å². The molecule has 1 heterocycles. The van der Waals surface area contributed by atoms with E-state index in [2.05, 4.69) is 0 Å². The predicted molar refractivity (Wildman–Crippen MR) is 46.2 cm³/mol. The number of thiazole rings is 1. The molecule has 0 fully saturated rings. The topological polar surface area (TPSA) is 59.3 Å². The second kappa shape index (κ2) is 3.69. The molecule has 1 aromatic rings. The molecule has 0 saturated heterocycles. The zero-order valence-electron chi connectivity index (χ0n) is 7.46. The van der Waals surface area contributed by atoms with Crippen molar-refractivity contribution >= 4 is 17.3 Å². The molecule has 0 saturated carbocycles. The zero-order valence-corrected chi connectivity index (χ0v) is 8.28. The summed E-state index contributed by atoms with van der Waals surface area (Å²) in [6, 6.07) is 0. The Morgan fingerprint density at radius 2 is 2.07 bits per heavy atom. The maximum Gasteiger partial charge on any atom is 0.433 e. The van der Waals surface area contributed by atoms with Gasteiger partial charge in [-0.15, -0.1) is 0 Å². The molecule has 1 N–H and O–H groups in total. The highest BCUT2D eigenvalue weighted by molar-refractivity contribution is 7.11. The molecule has 0 aliphatic rings. The zero-order chi connectivity index (χ0) is 11.8. The lowest BCUT2D eigenvalue weighted by Gasteiger charge is -2.09. The monoisotopic (exact) mass is 241 g/mol. The standard InChI is InChI=1S/C7H6F3NO3S/c1-2-11-4(7(8,9)10)3(5(12)13)15-6(11)14/h2H2,1H3,(H,12,13). The molecule has 0 radical (unpaired) electrons. The Balaban J connectivity index is 3.57. The van der Waals surface area contributed by atoms with Crippen LogP contribution in [0.3, 0.4) is 0 Å². The Kier molecular flexibility index (Phi) is 2.89. The SMILES string of the molecule is CCn1c(C(F)(F)F)c(C(=O)O)sc1=O. The van der Waals surface area contributed by atoms with Crippen LogP contribution in [0.1, 0.15) is 22.3 Å². The Morgan fingerprint density at radius 1 is 1.53 bits per heavy atom. The quantitative estimate of drug-likeness (QED) is 0.856. The lowest BCUT2D eigenvalue weighted by Crippen LogP contribution is -2.22. The van der Waals surface area contributed by atoms with Gasteiger partial charge in [0.25, 0.3) is 0 Å². The van der Waals surface area contributed by atoms with Gasteiger partial charge in [-0.1, -0.05) is 11.3 Å². The Bertz CT molecular complexity index is 445. The van der Waals surface area contributed by atoms with E-state index in [0.29, 0.717) is 4.57 Å². The molecular formula is C7H6F3NO3S. The molecule has 0 unspecified atom stereocenters. The molecule has 4 nitrogen and oxygen atoms in total. The van der Waals surface area contributed by atoms with Gasteiger partial charge < -0.3 is 5.11 Å². The van der Waals surface area contributed by atoms with Gasteiger partial charge >= 0.3 is 17.0 Å². The number of alkyl halides is 3. The van der Waals surface area contributed by atoms with Crippen LogP contribution in [-0.2, 0) is 12.7 Å². The molecule has 0 atom stereocenters. The van der Waals surface area contributed by atoms with Crippen molar-refractivity contribution in [3.63, 3.8) is 0 Å².